The monoisotopic (exact) mass is 491 g/mol. The second-order valence-corrected chi connectivity index (χ2v) is 10.1. The van der Waals surface area contributed by atoms with Gasteiger partial charge in [0.1, 0.15) is 17.0 Å². The Morgan fingerprint density at radius 1 is 1.15 bits per heavy atom. The lowest BCUT2D eigenvalue weighted by atomic mass is 9.81. The molecule has 0 radical (unpaired) electrons. The molecule has 0 aliphatic carbocycles. The predicted molar refractivity (Wildman–Crippen MR) is 129 cm³/mol. The van der Waals surface area contributed by atoms with Crippen LogP contribution < -0.4 is 10.9 Å². The molecule has 1 N–H and O–H groups in total. The number of anilines is 1. The Balaban J connectivity index is 1.75. The van der Waals surface area contributed by atoms with Crippen LogP contribution in [0.3, 0.4) is 0 Å². The van der Waals surface area contributed by atoms with Gasteiger partial charge in [0.2, 0.25) is 0 Å². The van der Waals surface area contributed by atoms with Crippen LogP contribution in [0.4, 0.5) is 14.9 Å². The molecule has 0 saturated carbocycles. The number of aryl methyl sites for hydroxylation is 1. The molecule has 1 aliphatic rings. The first-order valence-corrected chi connectivity index (χ1v) is 11.2. The third kappa shape index (κ3) is 4.39. The summed E-state index contributed by atoms with van der Waals surface area (Å²) in [6.07, 6.45) is 1.19. The lowest BCUT2D eigenvalue weighted by Gasteiger charge is -2.51. The Labute approximate surface area is 200 Å². The highest BCUT2D eigenvalue weighted by Gasteiger charge is 2.50. The lowest BCUT2D eigenvalue weighted by molar-refractivity contribution is -0.00534. The van der Waals surface area contributed by atoms with Crippen LogP contribution in [-0.4, -0.2) is 34.3 Å². The molecule has 0 spiro atoms. The van der Waals surface area contributed by atoms with E-state index in [0.29, 0.717) is 11.1 Å². The number of hydrogen-bond donors (Lipinski definition) is 1. The molecule has 6 nitrogen and oxygen atoms in total. The summed E-state index contributed by atoms with van der Waals surface area (Å²) >= 11 is 12.6. The highest BCUT2D eigenvalue weighted by atomic mass is 35.5. The van der Waals surface area contributed by atoms with E-state index in [1.165, 1.54) is 21.6 Å². The molecular formula is C24H24Cl2FN3O3. The largest absolute Gasteiger partial charge is 0.444 e. The molecule has 2 heterocycles. The fourth-order valence-corrected chi connectivity index (χ4v) is 4.51. The number of aromatic nitrogens is 1. The van der Waals surface area contributed by atoms with Crippen LogP contribution in [-0.2, 0) is 17.3 Å². The molecule has 1 aromatic heterocycles. The van der Waals surface area contributed by atoms with Crippen molar-refractivity contribution in [3.05, 3.63) is 74.4 Å². The molecule has 1 fully saturated rings. The molecule has 33 heavy (non-hydrogen) atoms. The maximum Gasteiger partial charge on any atom is 0.410 e. The molecule has 1 saturated heterocycles. The minimum Gasteiger partial charge on any atom is -0.444 e. The number of hydrogen-bond acceptors (Lipinski definition) is 4. The van der Waals surface area contributed by atoms with E-state index in [0.717, 1.165) is 5.39 Å². The van der Waals surface area contributed by atoms with Gasteiger partial charge >= 0.3 is 6.09 Å². The predicted octanol–water partition coefficient (Wildman–Crippen LogP) is 5.54. The zero-order chi connectivity index (χ0) is 24.1. The van der Waals surface area contributed by atoms with Crippen molar-refractivity contribution in [3.8, 4) is 0 Å². The van der Waals surface area contributed by atoms with Gasteiger partial charge in [0.05, 0.1) is 23.1 Å². The Kier molecular flexibility index (Phi) is 5.83. The number of amides is 1. The van der Waals surface area contributed by atoms with Crippen molar-refractivity contribution in [2.75, 3.05) is 18.4 Å². The average molecular weight is 492 g/mol. The summed E-state index contributed by atoms with van der Waals surface area (Å²) in [7, 11) is 1.68. The van der Waals surface area contributed by atoms with Gasteiger partial charge in [0.15, 0.2) is 0 Å². The number of ether oxygens (including phenoxy) is 1. The fraction of sp³-hybridized carbons (Fsp3) is 0.333. The number of halogens is 3. The normalized spacial score (nSPS) is 15.3. The van der Waals surface area contributed by atoms with Gasteiger partial charge in [0.25, 0.3) is 5.56 Å². The second-order valence-electron chi connectivity index (χ2n) is 9.30. The third-order valence-corrected chi connectivity index (χ3v) is 6.37. The lowest BCUT2D eigenvalue weighted by Crippen LogP contribution is -2.66. The van der Waals surface area contributed by atoms with Crippen LogP contribution in [0.5, 0.6) is 0 Å². The molecule has 3 aromatic rings. The number of nitrogens with zero attached hydrogens (tertiary/aromatic N) is 2. The van der Waals surface area contributed by atoms with E-state index in [1.54, 1.807) is 46.1 Å². The van der Waals surface area contributed by atoms with Crippen molar-refractivity contribution < 1.29 is 13.9 Å². The van der Waals surface area contributed by atoms with Crippen LogP contribution in [0.1, 0.15) is 26.3 Å². The van der Waals surface area contributed by atoms with Gasteiger partial charge in [-0.3, -0.25) is 4.79 Å². The smallest absolute Gasteiger partial charge is 0.410 e. The van der Waals surface area contributed by atoms with Gasteiger partial charge in [-0.15, -0.1) is 0 Å². The Bertz CT molecular complexity index is 1310. The molecule has 1 aliphatic heterocycles. The fourth-order valence-electron chi connectivity index (χ4n) is 4.02. The minimum absolute atomic E-state index is 0.0738. The van der Waals surface area contributed by atoms with Crippen molar-refractivity contribution in [2.24, 2.45) is 7.05 Å². The molecular weight excluding hydrogens is 468 g/mol. The molecule has 4 rings (SSSR count). The highest BCUT2D eigenvalue weighted by molar-refractivity contribution is 6.42. The topological polar surface area (TPSA) is 63.6 Å². The van der Waals surface area contributed by atoms with Crippen molar-refractivity contribution in [2.45, 2.75) is 31.9 Å². The number of benzene rings is 2. The summed E-state index contributed by atoms with van der Waals surface area (Å²) in [5.74, 6) is -0.544. The molecule has 2 aromatic carbocycles. The second kappa shape index (κ2) is 8.22. The molecule has 0 unspecified atom stereocenters. The number of pyridine rings is 1. The van der Waals surface area contributed by atoms with E-state index in [4.69, 9.17) is 27.9 Å². The highest BCUT2D eigenvalue weighted by Crippen LogP contribution is 2.43. The van der Waals surface area contributed by atoms with Crippen LogP contribution in [0.25, 0.3) is 10.8 Å². The standard InChI is InChI=1S/C24H24Cl2FN3O3/c1-23(2,3)33-22(32)30-12-24(13-30,19-18(27)8-7-17(25)20(19)26)28-15-6-5-14-9-10-29(4)21(31)16(14)11-15/h5-11,28H,12-13H2,1-4H3. The third-order valence-electron chi connectivity index (χ3n) is 5.56. The number of carbonyl (C=O) groups is 1. The van der Waals surface area contributed by atoms with Gasteiger partial charge in [-0.25, -0.2) is 9.18 Å². The van der Waals surface area contributed by atoms with Crippen LogP contribution >= 0.6 is 23.2 Å². The van der Waals surface area contributed by atoms with Gasteiger partial charge in [-0.2, -0.15) is 0 Å². The van der Waals surface area contributed by atoms with Crippen molar-refractivity contribution in [1.82, 2.24) is 9.47 Å². The number of nitrogens with one attached hydrogen (secondary N) is 1. The molecule has 1 amide bonds. The summed E-state index contributed by atoms with van der Waals surface area (Å²) in [6.45, 7) is 5.53. The summed E-state index contributed by atoms with van der Waals surface area (Å²) < 4.78 is 22.0. The average Bonchev–Trinajstić information content (AvgIpc) is 2.70. The zero-order valence-electron chi connectivity index (χ0n) is 18.7. The van der Waals surface area contributed by atoms with Crippen molar-refractivity contribution in [3.63, 3.8) is 0 Å². The summed E-state index contributed by atoms with van der Waals surface area (Å²) in [6, 6.07) is 9.81. The first-order valence-electron chi connectivity index (χ1n) is 10.4. The van der Waals surface area contributed by atoms with Crippen molar-refractivity contribution in [1.29, 1.82) is 0 Å². The molecule has 174 valence electrons. The van der Waals surface area contributed by atoms with E-state index in [9.17, 15) is 9.59 Å². The number of fused-ring (bicyclic) bond motifs is 1. The van der Waals surface area contributed by atoms with Crippen LogP contribution in [0.2, 0.25) is 10.0 Å². The Hall–Kier alpha value is -2.77. The number of carbonyl (C=O) groups excluding carboxylic acids is 1. The van der Waals surface area contributed by atoms with Crippen molar-refractivity contribution >= 4 is 45.8 Å². The summed E-state index contributed by atoms with van der Waals surface area (Å²) in [5.41, 5.74) is -1.12. The SMILES string of the molecule is Cn1ccc2ccc(NC3(c4c(F)ccc(Cl)c4Cl)CN(C(=O)OC(C)(C)C)C3)cc2c1=O. The van der Waals surface area contributed by atoms with E-state index in [-0.39, 0.29) is 34.3 Å². The molecule has 0 bridgehead atoms. The van der Waals surface area contributed by atoms with Gasteiger partial charge < -0.3 is 19.5 Å². The van der Waals surface area contributed by atoms with Crippen LogP contribution in [0, 0.1) is 5.82 Å². The zero-order valence-corrected chi connectivity index (χ0v) is 20.2. The van der Waals surface area contributed by atoms with E-state index >= 15 is 4.39 Å². The van der Waals surface area contributed by atoms with Gasteiger partial charge in [-0.1, -0.05) is 29.3 Å². The maximum absolute atomic E-state index is 15.0. The molecule has 9 heteroatoms. The summed E-state index contributed by atoms with van der Waals surface area (Å²) in [4.78, 5) is 26.6. The van der Waals surface area contributed by atoms with Gasteiger partial charge in [0, 0.05) is 29.9 Å². The van der Waals surface area contributed by atoms with E-state index in [2.05, 4.69) is 5.32 Å². The molecule has 0 atom stereocenters. The maximum atomic E-state index is 15.0. The number of likely N-dealkylation sites (tertiary alicyclic amines) is 1. The first kappa shape index (κ1) is 23.4. The summed E-state index contributed by atoms with van der Waals surface area (Å²) in [5, 5.41) is 4.90. The quantitative estimate of drug-likeness (QED) is 0.488. The van der Waals surface area contributed by atoms with E-state index in [1.807, 2.05) is 12.1 Å². The first-order chi connectivity index (χ1) is 15.4. The van der Waals surface area contributed by atoms with Gasteiger partial charge in [-0.05, 0) is 56.5 Å². The Morgan fingerprint density at radius 2 is 1.85 bits per heavy atom. The van der Waals surface area contributed by atoms with Crippen LogP contribution in [0.15, 0.2) is 47.4 Å². The number of rotatable bonds is 3. The Morgan fingerprint density at radius 3 is 2.52 bits per heavy atom. The minimum atomic E-state index is -1.06. The van der Waals surface area contributed by atoms with E-state index < -0.39 is 23.1 Å².